The Labute approximate surface area is 188 Å². The highest BCUT2D eigenvalue weighted by Gasteiger charge is 2.32. The molecule has 1 amide bonds. The van der Waals surface area contributed by atoms with Gasteiger partial charge in [0.05, 0.1) is 0 Å². The molecule has 0 spiro atoms. The van der Waals surface area contributed by atoms with Gasteiger partial charge in [0.1, 0.15) is 6.29 Å². The van der Waals surface area contributed by atoms with Crippen molar-refractivity contribution < 1.29 is 9.59 Å². The second kappa shape index (κ2) is 11.2. The summed E-state index contributed by atoms with van der Waals surface area (Å²) >= 11 is 12.5. The molecule has 30 heavy (non-hydrogen) atoms. The fourth-order valence-electron chi connectivity index (χ4n) is 3.71. The van der Waals surface area contributed by atoms with E-state index < -0.39 is 5.41 Å². The van der Waals surface area contributed by atoms with Crippen LogP contribution in [0.5, 0.6) is 0 Å². The highest BCUT2D eigenvalue weighted by atomic mass is 35.5. The molecular weight excluding hydrogens is 419 g/mol. The first-order valence-electron chi connectivity index (χ1n) is 9.79. The van der Waals surface area contributed by atoms with Crippen molar-refractivity contribution in [2.24, 2.45) is 5.41 Å². The molecule has 0 fully saturated rings. The molecule has 1 N–H and O–H groups in total. The average molecular weight is 447 g/mol. The Morgan fingerprint density at radius 1 is 1.17 bits per heavy atom. The van der Waals surface area contributed by atoms with Gasteiger partial charge in [-0.2, -0.15) is 0 Å². The molecule has 2 rings (SSSR count). The minimum Gasteiger partial charge on any atom is -0.366 e. The Balaban J connectivity index is 2.46. The number of nitrogens with one attached hydrogen (secondary N) is 1. The van der Waals surface area contributed by atoms with Gasteiger partial charge in [0.15, 0.2) is 0 Å². The van der Waals surface area contributed by atoms with E-state index in [1.807, 2.05) is 26.0 Å². The molecule has 6 heteroatoms. The lowest BCUT2D eigenvalue weighted by atomic mass is 9.78. The molecule has 0 aliphatic carbocycles. The number of hydrogen-bond acceptors (Lipinski definition) is 3. The number of hydrogen-bond donors (Lipinski definition) is 1. The van der Waals surface area contributed by atoms with E-state index in [1.165, 1.54) is 0 Å². The summed E-state index contributed by atoms with van der Waals surface area (Å²) < 4.78 is 0. The number of carbonyl (C=O) groups is 2. The van der Waals surface area contributed by atoms with Gasteiger partial charge in [0.25, 0.3) is 0 Å². The van der Waals surface area contributed by atoms with E-state index in [1.54, 1.807) is 6.07 Å². The summed E-state index contributed by atoms with van der Waals surface area (Å²) in [6.07, 6.45) is 2.50. The van der Waals surface area contributed by atoms with Crippen LogP contribution in [-0.2, 0) is 16.1 Å². The van der Waals surface area contributed by atoms with Crippen LogP contribution in [0.4, 0.5) is 5.69 Å². The van der Waals surface area contributed by atoms with Crippen LogP contribution in [-0.4, -0.2) is 25.8 Å². The molecule has 0 aliphatic rings. The van der Waals surface area contributed by atoms with E-state index in [9.17, 15) is 9.59 Å². The van der Waals surface area contributed by atoms with Crippen molar-refractivity contribution in [2.75, 3.05) is 18.0 Å². The number of halogens is 2. The van der Waals surface area contributed by atoms with E-state index >= 15 is 0 Å². The van der Waals surface area contributed by atoms with Gasteiger partial charge >= 0.3 is 0 Å². The normalized spacial score (nSPS) is 12.7. The van der Waals surface area contributed by atoms with Crippen molar-refractivity contribution in [1.29, 1.82) is 0 Å². The van der Waals surface area contributed by atoms with Crippen LogP contribution >= 0.6 is 23.2 Å². The first-order valence-corrected chi connectivity index (χ1v) is 10.5. The lowest BCUT2D eigenvalue weighted by Gasteiger charge is -2.39. The number of nitrogens with zero attached hydrogens (tertiary/aromatic N) is 1. The molecule has 4 nitrogen and oxygen atoms in total. The lowest BCUT2D eigenvalue weighted by Crippen LogP contribution is -2.44. The maximum atomic E-state index is 11.6. The van der Waals surface area contributed by atoms with Crippen molar-refractivity contribution in [3.8, 4) is 0 Å². The van der Waals surface area contributed by atoms with Gasteiger partial charge in [-0.25, -0.2) is 0 Å². The van der Waals surface area contributed by atoms with Crippen LogP contribution in [0.15, 0.2) is 54.6 Å². The van der Waals surface area contributed by atoms with E-state index in [2.05, 4.69) is 41.1 Å². The van der Waals surface area contributed by atoms with Gasteiger partial charge in [0, 0.05) is 47.2 Å². The van der Waals surface area contributed by atoms with Crippen LogP contribution in [0.25, 0.3) is 0 Å². The van der Waals surface area contributed by atoms with E-state index in [-0.39, 0.29) is 0 Å². The number of aryl methyl sites for hydroxylation is 1. The van der Waals surface area contributed by atoms with E-state index in [0.29, 0.717) is 48.9 Å². The molecule has 0 aromatic heterocycles. The van der Waals surface area contributed by atoms with Crippen LogP contribution in [0, 0.1) is 12.3 Å². The quantitative estimate of drug-likeness (QED) is 0.341. The fourth-order valence-corrected chi connectivity index (χ4v) is 4.18. The van der Waals surface area contributed by atoms with Crippen molar-refractivity contribution in [3.05, 3.63) is 75.8 Å². The molecule has 0 bridgehead atoms. The third kappa shape index (κ3) is 6.89. The number of benzene rings is 2. The Bertz CT molecular complexity index is 883. The summed E-state index contributed by atoms with van der Waals surface area (Å²) in [5.41, 5.74) is 3.57. The Hall–Kier alpha value is -2.30. The smallest absolute Gasteiger partial charge is 0.207 e. The van der Waals surface area contributed by atoms with E-state index in [0.717, 1.165) is 28.7 Å². The molecule has 0 heterocycles. The minimum atomic E-state index is -0.488. The number of allylic oxidation sites excluding steroid dienone is 1. The average Bonchev–Trinajstić information content (AvgIpc) is 2.68. The van der Waals surface area contributed by atoms with Crippen LogP contribution in [0.3, 0.4) is 0 Å². The maximum Gasteiger partial charge on any atom is 0.207 e. The third-order valence-electron chi connectivity index (χ3n) is 5.06. The zero-order valence-corrected chi connectivity index (χ0v) is 19.0. The molecular formula is C24H28Cl2N2O2. The monoisotopic (exact) mass is 446 g/mol. The van der Waals surface area contributed by atoms with Crippen molar-refractivity contribution in [3.63, 3.8) is 0 Å². The molecule has 0 saturated carbocycles. The summed E-state index contributed by atoms with van der Waals surface area (Å²) in [6.45, 7) is 9.47. The first-order chi connectivity index (χ1) is 14.3. The highest BCUT2D eigenvalue weighted by Crippen LogP contribution is 2.33. The molecule has 1 unspecified atom stereocenters. The summed E-state index contributed by atoms with van der Waals surface area (Å²) in [5, 5.41) is 3.95. The first kappa shape index (κ1) is 24.0. The zero-order chi connectivity index (χ0) is 22.1. The molecule has 1 atom stereocenters. The Morgan fingerprint density at radius 2 is 1.87 bits per heavy atom. The minimum absolute atomic E-state index is 0.303. The van der Waals surface area contributed by atoms with Gasteiger partial charge in [-0.05, 0) is 50.1 Å². The molecule has 2 aromatic carbocycles. The molecule has 0 saturated heterocycles. The van der Waals surface area contributed by atoms with Gasteiger partial charge in [-0.3, -0.25) is 4.79 Å². The Kier molecular flexibility index (Phi) is 8.94. The SMILES string of the molecule is C=C(C)CC(CC=O)(CNC=O)CN(Cc1ccc(Cl)cc1Cl)c1ccc(C)cc1. The zero-order valence-electron chi connectivity index (χ0n) is 17.5. The number of anilines is 1. The predicted molar refractivity (Wildman–Crippen MR) is 125 cm³/mol. The number of amides is 1. The molecule has 0 aliphatic heterocycles. The van der Waals surface area contributed by atoms with Crippen molar-refractivity contribution in [2.45, 2.75) is 33.2 Å². The number of aldehydes is 1. The summed E-state index contributed by atoms with van der Waals surface area (Å²) in [4.78, 5) is 24.8. The summed E-state index contributed by atoms with van der Waals surface area (Å²) in [5.74, 6) is 0. The van der Waals surface area contributed by atoms with Crippen molar-refractivity contribution >= 4 is 41.6 Å². The number of rotatable bonds is 12. The topological polar surface area (TPSA) is 49.4 Å². The second-order valence-electron chi connectivity index (χ2n) is 7.93. The molecule has 0 radical (unpaired) electrons. The van der Waals surface area contributed by atoms with Crippen LogP contribution < -0.4 is 10.2 Å². The van der Waals surface area contributed by atoms with Crippen LogP contribution in [0.2, 0.25) is 10.0 Å². The van der Waals surface area contributed by atoms with E-state index in [4.69, 9.17) is 23.2 Å². The van der Waals surface area contributed by atoms with Gasteiger partial charge in [0.2, 0.25) is 6.41 Å². The largest absolute Gasteiger partial charge is 0.366 e. The number of carbonyl (C=O) groups excluding carboxylic acids is 2. The lowest BCUT2D eigenvalue weighted by molar-refractivity contribution is -0.112. The summed E-state index contributed by atoms with van der Waals surface area (Å²) in [6, 6.07) is 13.7. The second-order valence-corrected chi connectivity index (χ2v) is 8.77. The third-order valence-corrected chi connectivity index (χ3v) is 5.64. The predicted octanol–water partition coefficient (Wildman–Crippen LogP) is 5.60. The Morgan fingerprint density at radius 3 is 2.43 bits per heavy atom. The van der Waals surface area contributed by atoms with Gasteiger partial charge < -0.3 is 15.0 Å². The summed E-state index contributed by atoms with van der Waals surface area (Å²) in [7, 11) is 0. The standard InChI is InChI=1S/C24H28Cl2N2O2/c1-18(2)13-24(10-11-29,15-27-17-30)16-28(22-8-4-19(3)5-9-22)14-20-6-7-21(25)12-23(20)26/h4-9,11-12,17H,1,10,13-16H2,2-3H3,(H,27,30). The highest BCUT2D eigenvalue weighted by molar-refractivity contribution is 6.35. The fraction of sp³-hybridized carbons (Fsp3) is 0.333. The molecule has 2 aromatic rings. The van der Waals surface area contributed by atoms with Gasteiger partial charge in [-0.1, -0.05) is 52.5 Å². The van der Waals surface area contributed by atoms with Crippen LogP contribution in [0.1, 0.15) is 30.9 Å². The van der Waals surface area contributed by atoms with Gasteiger partial charge in [-0.15, -0.1) is 6.58 Å². The van der Waals surface area contributed by atoms with Crippen molar-refractivity contribution in [1.82, 2.24) is 5.32 Å². The maximum absolute atomic E-state index is 11.6. The molecule has 160 valence electrons.